The molecule has 2 heterocycles. The highest BCUT2D eigenvalue weighted by molar-refractivity contribution is 6.35. The molecule has 4 aromatic rings. The van der Waals surface area contributed by atoms with Crippen molar-refractivity contribution in [2.24, 2.45) is 5.41 Å². The summed E-state index contributed by atoms with van der Waals surface area (Å²) in [5.74, 6) is -2.86. The summed E-state index contributed by atoms with van der Waals surface area (Å²) in [6.07, 6.45) is 3.35. The van der Waals surface area contributed by atoms with Crippen molar-refractivity contribution in [2.75, 3.05) is 4.90 Å². The Morgan fingerprint density at radius 3 is 2.19 bits per heavy atom. The largest absolute Gasteiger partial charge is 0.352 e. The zero-order valence-electron chi connectivity index (χ0n) is 21.7. The molecular weight excluding hydrogens is 559 g/mol. The molecule has 7 rings (SSSR count). The van der Waals surface area contributed by atoms with Gasteiger partial charge in [-0.1, -0.05) is 72.3 Å². The van der Waals surface area contributed by atoms with Gasteiger partial charge in [-0.15, -0.1) is 0 Å². The van der Waals surface area contributed by atoms with Gasteiger partial charge >= 0.3 is 0 Å². The van der Waals surface area contributed by atoms with Crippen LogP contribution < -0.4 is 4.90 Å². The minimum absolute atomic E-state index is 0.175. The number of nitro benzene ring substituents is 1. The van der Waals surface area contributed by atoms with Gasteiger partial charge in [0.15, 0.2) is 17.3 Å². The summed E-state index contributed by atoms with van der Waals surface area (Å²) in [5.41, 5.74) is 0.104. The van der Waals surface area contributed by atoms with Gasteiger partial charge in [0.2, 0.25) is 0 Å². The van der Waals surface area contributed by atoms with Crippen LogP contribution in [0.3, 0.4) is 0 Å². The molecule has 42 heavy (non-hydrogen) atoms. The molecule has 4 aromatic carbocycles. The predicted molar refractivity (Wildman–Crippen MR) is 155 cm³/mol. The van der Waals surface area contributed by atoms with Crippen molar-refractivity contribution in [3.8, 4) is 0 Å². The minimum Gasteiger partial charge on any atom is -0.352 e. The maximum absolute atomic E-state index is 14.6. The van der Waals surface area contributed by atoms with Crippen LogP contribution in [-0.2, 0) is 0 Å². The number of hydrogen-bond acceptors (Lipinski definition) is 6. The van der Waals surface area contributed by atoms with Crippen LogP contribution in [0.1, 0.15) is 48.1 Å². The molecule has 2 aliphatic heterocycles. The van der Waals surface area contributed by atoms with Gasteiger partial charge in [-0.2, -0.15) is 0 Å². The Balaban J connectivity index is 1.55. The van der Waals surface area contributed by atoms with E-state index in [1.165, 1.54) is 42.5 Å². The molecule has 0 bridgehead atoms. The number of Topliss-reactive ketones (excluding diaryl/α,β-unsaturated/α-hetero) is 3. The Bertz CT molecular complexity index is 1850. The van der Waals surface area contributed by atoms with Crippen LogP contribution in [0.25, 0.3) is 6.08 Å². The van der Waals surface area contributed by atoms with Crippen LogP contribution in [0.2, 0.25) is 5.02 Å². The molecule has 3 atom stereocenters. The predicted octanol–water partition coefficient (Wildman–Crippen LogP) is 6.70. The molecule has 9 heteroatoms. The van der Waals surface area contributed by atoms with E-state index in [9.17, 15) is 28.9 Å². The molecule has 1 fully saturated rings. The number of nitro groups is 1. The third-order valence-electron chi connectivity index (χ3n) is 8.64. The first-order valence-electron chi connectivity index (χ1n) is 13.2. The second-order valence-corrected chi connectivity index (χ2v) is 11.0. The van der Waals surface area contributed by atoms with Gasteiger partial charge in [0.05, 0.1) is 16.0 Å². The van der Waals surface area contributed by atoms with Gasteiger partial charge in [-0.25, -0.2) is 4.39 Å². The van der Waals surface area contributed by atoms with E-state index in [0.717, 1.165) is 0 Å². The fourth-order valence-electron chi connectivity index (χ4n) is 6.94. The molecule has 0 aromatic heterocycles. The first kappa shape index (κ1) is 26.0. The van der Waals surface area contributed by atoms with E-state index < -0.39 is 51.5 Å². The lowest BCUT2D eigenvalue weighted by atomic mass is 9.64. The average Bonchev–Trinajstić information content (AvgIpc) is 3.43. The number of rotatable bonds is 4. The second kappa shape index (κ2) is 9.29. The van der Waals surface area contributed by atoms with Gasteiger partial charge < -0.3 is 4.90 Å². The van der Waals surface area contributed by atoms with Crippen molar-refractivity contribution < 1.29 is 23.7 Å². The van der Waals surface area contributed by atoms with Gasteiger partial charge in [-0.3, -0.25) is 24.5 Å². The van der Waals surface area contributed by atoms with Gasteiger partial charge in [0.25, 0.3) is 5.69 Å². The molecular formula is C33H20ClFN2O5. The molecule has 1 spiro atoms. The summed E-state index contributed by atoms with van der Waals surface area (Å²) in [5, 5.41) is 11.7. The minimum atomic E-state index is -1.79. The summed E-state index contributed by atoms with van der Waals surface area (Å²) >= 11 is 6.51. The number of halogens is 2. The number of anilines is 1. The molecule has 3 aliphatic rings. The maximum Gasteiger partial charge on any atom is 0.269 e. The SMILES string of the molecule is O=C(c1ccccc1Cl)[C@@H]1[C@H](c2ccc([N+](=O)[O-])cc2)C2(C(=O)c3ccccc3C2=O)[C@H]2C=Cc3cc(F)ccc3N12. The normalized spacial score (nSPS) is 21.3. The summed E-state index contributed by atoms with van der Waals surface area (Å²) in [4.78, 5) is 56.5. The molecule has 206 valence electrons. The van der Waals surface area contributed by atoms with Crippen molar-refractivity contribution in [3.63, 3.8) is 0 Å². The van der Waals surface area contributed by atoms with Crippen LogP contribution in [-0.4, -0.2) is 34.4 Å². The monoisotopic (exact) mass is 578 g/mol. The molecule has 7 nitrogen and oxygen atoms in total. The summed E-state index contributed by atoms with van der Waals surface area (Å²) < 4.78 is 14.4. The standard InChI is InChI=1S/C33H20ClFN2O5/c34-25-8-4-3-7-24(25)30(38)29-28(18-9-13-21(14-10-18)37(41)42)33(31(39)22-5-1-2-6-23(22)32(33)40)27-16-11-19-17-20(35)12-15-26(19)36(27)29/h1-17,27-29H/t27-,28+,29+/m1/s1. The van der Waals surface area contributed by atoms with Crippen LogP contribution in [0.5, 0.6) is 0 Å². The number of benzene rings is 4. The number of ketones is 3. The van der Waals surface area contributed by atoms with Crippen LogP contribution >= 0.6 is 11.6 Å². The molecule has 0 radical (unpaired) electrons. The number of nitrogens with zero attached hydrogens (tertiary/aromatic N) is 2. The Morgan fingerprint density at radius 2 is 1.55 bits per heavy atom. The zero-order valence-corrected chi connectivity index (χ0v) is 22.5. The van der Waals surface area contributed by atoms with Gasteiger partial charge in [0, 0.05) is 46.0 Å². The van der Waals surface area contributed by atoms with Crippen molar-refractivity contribution in [1.29, 1.82) is 0 Å². The summed E-state index contributed by atoms with van der Waals surface area (Å²) in [6.45, 7) is 0. The molecule has 1 aliphatic carbocycles. The highest BCUT2D eigenvalue weighted by atomic mass is 35.5. The van der Waals surface area contributed by atoms with Gasteiger partial charge in [-0.05, 0) is 35.9 Å². The van der Waals surface area contributed by atoms with E-state index in [0.29, 0.717) is 16.8 Å². The van der Waals surface area contributed by atoms with E-state index in [2.05, 4.69) is 0 Å². The third kappa shape index (κ3) is 3.42. The molecule has 0 saturated carbocycles. The number of carbonyl (C=O) groups is 3. The lowest BCUT2D eigenvalue weighted by Crippen LogP contribution is -2.48. The summed E-state index contributed by atoms with van der Waals surface area (Å²) in [6, 6.07) is 20.7. The number of hydrogen-bond donors (Lipinski definition) is 0. The van der Waals surface area contributed by atoms with Crippen molar-refractivity contribution >= 4 is 46.4 Å². The van der Waals surface area contributed by atoms with E-state index in [1.54, 1.807) is 65.6 Å². The van der Waals surface area contributed by atoms with E-state index >= 15 is 0 Å². The van der Waals surface area contributed by atoms with Crippen LogP contribution in [0.4, 0.5) is 15.8 Å². The first-order valence-corrected chi connectivity index (χ1v) is 13.6. The highest BCUT2D eigenvalue weighted by Crippen LogP contribution is 2.61. The van der Waals surface area contributed by atoms with Gasteiger partial charge in [0.1, 0.15) is 17.3 Å². The Morgan fingerprint density at radius 1 is 0.905 bits per heavy atom. The first-order chi connectivity index (χ1) is 20.2. The summed E-state index contributed by atoms with van der Waals surface area (Å²) in [7, 11) is 0. The lowest BCUT2D eigenvalue weighted by molar-refractivity contribution is -0.384. The van der Waals surface area contributed by atoms with Crippen LogP contribution in [0.15, 0.2) is 97.1 Å². The number of carbonyl (C=O) groups excluding carboxylic acids is 3. The molecule has 0 unspecified atom stereocenters. The molecule has 0 N–H and O–H groups in total. The fourth-order valence-corrected chi connectivity index (χ4v) is 7.17. The Kier molecular flexibility index (Phi) is 5.75. The molecule has 0 amide bonds. The van der Waals surface area contributed by atoms with E-state index in [4.69, 9.17) is 11.6 Å². The van der Waals surface area contributed by atoms with Crippen molar-refractivity contribution in [3.05, 3.63) is 146 Å². The van der Waals surface area contributed by atoms with E-state index in [1.807, 2.05) is 0 Å². The lowest BCUT2D eigenvalue weighted by Gasteiger charge is -2.37. The number of fused-ring (bicyclic) bond motifs is 5. The average molecular weight is 579 g/mol. The number of non-ortho nitro benzene ring substituents is 1. The second-order valence-electron chi connectivity index (χ2n) is 10.6. The smallest absolute Gasteiger partial charge is 0.269 e. The maximum atomic E-state index is 14.6. The zero-order chi connectivity index (χ0) is 29.3. The Hall–Kier alpha value is -4.95. The van der Waals surface area contributed by atoms with Crippen LogP contribution in [0, 0.1) is 21.3 Å². The topological polar surface area (TPSA) is 97.6 Å². The molecule has 1 saturated heterocycles. The quantitative estimate of drug-likeness (QED) is 0.116. The highest BCUT2D eigenvalue weighted by Gasteiger charge is 2.71. The van der Waals surface area contributed by atoms with Crippen molar-refractivity contribution in [1.82, 2.24) is 0 Å². The Labute approximate surface area is 244 Å². The third-order valence-corrected chi connectivity index (χ3v) is 8.97. The fraction of sp³-hybridized carbons (Fsp3) is 0.121. The van der Waals surface area contributed by atoms with E-state index in [-0.39, 0.29) is 27.4 Å². The van der Waals surface area contributed by atoms with Crippen molar-refractivity contribution in [2.45, 2.75) is 18.0 Å².